The van der Waals surface area contributed by atoms with Crippen LogP contribution in [0.25, 0.3) is 0 Å². The van der Waals surface area contributed by atoms with E-state index in [9.17, 15) is 4.79 Å². The summed E-state index contributed by atoms with van der Waals surface area (Å²) in [5.74, 6) is -0.211. The summed E-state index contributed by atoms with van der Waals surface area (Å²) in [4.78, 5) is 9.82. The van der Waals surface area contributed by atoms with Gasteiger partial charge in [-0.2, -0.15) is 0 Å². The van der Waals surface area contributed by atoms with Gasteiger partial charge in [-0.05, 0) is 6.92 Å². The Morgan fingerprint density at radius 2 is 1.54 bits per heavy atom. The van der Waals surface area contributed by atoms with Gasteiger partial charge in [-0.15, -0.1) is 0 Å². The highest BCUT2D eigenvalue weighted by molar-refractivity contribution is 5.65. The molecule has 0 spiro atoms. The maximum Gasteiger partial charge on any atom is 0.302 e. The van der Waals surface area contributed by atoms with E-state index in [0.717, 1.165) is 7.11 Å². The number of hydrogen-bond donors (Lipinski definition) is 1. The largest absolute Gasteiger partial charge is 0.466 e. The molecule has 3 nitrogen and oxygen atoms in total. The lowest BCUT2D eigenvalue weighted by atomic mass is 10.3. The van der Waals surface area contributed by atoms with E-state index in [0.29, 0.717) is 6.61 Å². The van der Waals surface area contributed by atoms with Crippen LogP contribution in [0.2, 0.25) is 0 Å². The monoisotopic (exact) mass is 192 g/mol. The van der Waals surface area contributed by atoms with Crippen LogP contribution in [0.3, 0.4) is 0 Å². The topological polar surface area (TPSA) is 46.5 Å². The van der Waals surface area contributed by atoms with Gasteiger partial charge in [0.15, 0.2) is 0 Å². The second kappa shape index (κ2) is 22.5. The van der Waals surface area contributed by atoms with Gasteiger partial charge >= 0.3 is 5.97 Å². The van der Waals surface area contributed by atoms with Crippen molar-refractivity contribution >= 4 is 5.97 Å². The summed E-state index contributed by atoms with van der Waals surface area (Å²) in [6, 6.07) is 0. The Morgan fingerprint density at radius 3 is 1.54 bits per heavy atom. The van der Waals surface area contributed by atoms with Crippen molar-refractivity contribution in [2.24, 2.45) is 0 Å². The lowest BCUT2D eigenvalue weighted by molar-refractivity contribution is -0.140. The zero-order valence-electron chi connectivity index (χ0n) is 9.59. The SMILES string of the molecule is CCCCC.CCOC(C)=O.CO. The summed E-state index contributed by atoms with van der Waals surface area (Å²) in [5, 5.41) is 7.00. The van der Waals surface area contributed by atoms with Crippen molar-refractivity contribution in [3.63, 3.8) is 0 Å². The number of unbranched alkanes of at least 4 members (excludes halogenated alkanes) is 2. The molecule has 3 heteroatoms. The lowest BCUT2D eigenvalue weighted by Crippen LogP contribution is -1.95. The quantitative estimate of drug-likeness (QED) is 0.698. The molecule has 0 amide bonds. The van der Waals surface area contributed by atoms with Gasteiger partial charge in [0.05, 0.1) is 6.61 Å². The normalized spacial score (nSPS) is 7.23. The van der Waals surface area contributed by atoms with Crippen molar-refractivity contribution in [1.82, 2.24) is 0 Å². The van der Waals surface area contributed by atoms with Crippen LogP contribution in [-0.2, 0) is 9.53 Å². The number of aliphatic hydroxyl groups is 1. The van der Waals surface area contributed by atoms with Gasteiger partial charge in [0.25, 0.3) is 0 Å². The van der Waals surface area contributed by atoms with Crippen LogP contribution in [0.1, 0.15) is 47.0 Å². The first-order valence-corrected chi connectivity index (χ1v) is 4.77. The average Bonchev–Trinajstić information content (AvgIpc) is 2.10. The van der Waals surface area contributed by atoms with Gasteiger partial charge in [0.2, 0.25) is 0 Å². The molecule has 0 aliphatic carbocycles. The van der Waals surface area contributed by atoms with Crippen LogP contribution >= 0.6 is 0 Å². The fourth-order valence-electron chi connectivity index (χ4n) is 0.557. The van der Waals surface area contributed by atoms with Crippen molar-refractivity contribution in [3.8, 4) is 0 Å². The third-order valence-corrected chi connectivity index (χ3v) is 1.05. The molecule has 13 heavy (non-hydrogen) atoms. The molecule has 0 heterocycles. The molecule has 0 saturated carbocycles. The Hall–Kier alpha value is -0.570. The number of carbonyl (C=O) groups is 1. The maximum atomic E-state index is 9.82. The van der Waals surface area contributed by atoms with E-state index in [1.54, 1.807) is 6.92 Å². The number of rotatable bonds is 3. The third kappa shape index (κ3) is 51.8. The highest BCUT2D eigenvalue weighted by atomic mass is 16.5. The van der Waals surface area contributed by atoms with Crippen LogP contribution in [0.4, 0.5) is 0 Å². The fraction of sp³-hybridized carbons (Fsp3) is 0.900. The number of hydrogen-bond acceptors (Lipinski definition) is 3. The van der Waals surface area contributed by atoms with Gasteiger partial charge in [-0.1, -0.05) is 33.1 Å². The van der Waals surface area contributed by atoms with Gasteiger partial charge in [-0.25, -0.2) is 0 Å². The minimum atomic E-state index is -0.211. The Labute approximate surface area is 82.1 Å². The Bertz CT molecular complexity index is 80.2. The molecule has 0 atom stereocenters. The Morgan fingerprint density at radius 1 is 1.15 bits per heavy atom. The van der Waals surface area contributed by atoms with E-state index in [2.05, 4.69) is 18.6 Å². The second-order valence-corrected chi connectivity index (χ2v) is 2.28. The first-order valence-electron chi connectivity index (χ1n) is 4.77. The number of carbonyl (C=O) groups excluding carboxylic acids is 1. The third-order valence-electron chi connectivity index (χ3n) is 1.05. The maximum absolute atomic E-state index is 9.82. The van der Waals surface area contributed by atoms with E-state index in [4.69, 9.17) is 5.11 Å². The summed E-state index contributed by atoms with van der Waals surface area (Å²) >= 11 is 0. The van der Waals surface area contributed by atoms with E-state index in [1.807, 2.05) is 0 Å². The molecule has 0 aromatic rings. The predicted molar refractivity (Wildman–Crippen MR) is 55.6 cm³/mol. The van der Waals surface area contributed by atoms with Gasteiger partial charge < -0.3 is 9.84 Å². The molecule has 0 radical (unpaired) electrons. The Kier molecular flexibility index (Phi) is 31.6. The van der Waals surface area contributed by atoms with Crippen molar-refractivity contribution in [2.45, 2.75) is 47.0 Å². The number of aliphatic hydroxyl groups excluding tert-OH is 1. The molecular weight excluding hydrogens is 168 g/mol. The van der Waals surface area contributed by atoms with Crippen molar-refractivity contribution in [2.75, 3.05) is 13.7 Å². The van der Waals surface area contributed by atoms with Crippen LogP contribution in [0.15, 0.2) is 0 Å². The van der Waals surface area contributed by atoms with E-state index < -0.39 is 0 Å². The summed E-state index contributed by atoms with van der Waals surface area (Å²) in [5.41, 5.74) is 0. The molecule has 0 aromatic carbocycles. The molecule has 82 valence electrons. The van der Waals surface area contributed by atoms with E-state index in [1.165, 1.54) is 26.2 Å². The molecule has 0 bridgehead atoms. The molecule has 0 aliphatic rings. The zero-order valence-corrected chi connectivity index (χ0v) is 9.59. The summed E-state index contributed by atoms with van der Waals surface area (Å²) in [6.07, 6.45) is 4.08. The smallest absolute Gasteiger partial charge is 0.302 e. The van der Waals surface area contributed by atoms with Gasteiger partial charge in [0.1, 0.15) is 0 Å². The molecule has 0 aliphatic heterocycles. The molecular formula is C10H24O3. The van der Waals surface area contributed by atoms with Crippen LogP contribution in [-0.4, -0.2) is 24.8 Å². The molecule has 0 unspecified atom stereocenters. The van der Waals surface area contributed by atoms with Gasteiger partial charge in [0, 0.05) is 14.0 Å². The van der Waals surface area contributed by atoms with E-state index >= 15 is 0 Å². The van der Waals surface area contributed by atoms with Crippen molar-refractivity contribution in [1.29, 1.82) is 0 Å². The summed E-state index contributed by atoms with van der Waals surface area (Å²) < 4.78 is 4.40. The first-order chi connectivity index (χ1) is 6.18. The van der Waals surface area contributed by atoms with Crippen molar-refractivity contribution in [3.05, 3.63) is 0 Å². The highest BCUT2D eigenvalue weighted by Gasteiger charge is 1.81. The molecule has 0 aromatic heterocycles. The average molecular weight is 192 g/mol. The zero-order chi connectivity index (χ0) is 11.1. The molecule has 0 saturated heterocycles. The number of esters is 1. The van der Waals surface area contributed by atoms with Crippen LogP contribution in [0.5, 0.6) is 0 Å². The molecule has 0 fully saturated rings. The minimum Gasteiger partial charge on any atom is -0.466 e. The number of ether oxygens (including phenoxy) is 1. The fourth-order valence-corrected chi connectivity index (χ4v) is 0.557. The summed E-state index contributed by atoms with van der Waals surface area (Å²) in [7, 11) is 1.00. The second-order valence-electron chi connectivity index (χ2n) is 2.28. The van der Waals surface area contributed by atoms with Gasteiger partial charge in [-0.3, -0.25) is 4.79 Å². The molecule has 0 rings (SSSR count). The van der Waals surface area contributed by atoms with Crippen molar-refractivity contribution < 1.29 is 14.6 Å². The van der Waals surface area contributed by atoms with E-state index in [-0.39, 0.29) is 5.97 Å². The van der Waals surface area contributed by atoms with Crippen LogP contribution in [0, 0.1) is 0 Å². The minimum absolute atomic E-state index is 0.211. The standard InChI is InChI=1S/C5H12.C4H8O2.CH4O/c1-3-5-4-2;1-3-6-4(2)5;1-2/h3-5H2,1-2H3;3H2,1-2H3;2H,1H3. The lowest BCUT2D eigenvalue weighted by Gasteiger charge is -1.89. The summed E-state index contributed by atoms with van der Waals surface area (Å²) in [6.45, 7) is 8.08. The first kappa shape index (κ1) is 18.3. The molecule has 1 N–H and O–H groups in total. The van der Waals surface area contributed by atoms with Crippen LogP contribution < -0.4 is 0 Å². The Balaban J connectivity index is -0.000000131. The highest BCUT2D eigenvalue weighted by Crippen LogP contribution is 1.88. The predicted octanol–water partition coefficient (Wildman–Crippen LogP) is 2.37.